The lowest BCUT2D eigenvalue weighted by molar-refractivity contribution is -0.274. The average molecular weight is 314 g/mol. The molecule has 0 atom stereocenters. The first-order valence-electron chi connectivity index (χ1n) is 4.24. The van der Waals surface area contributed by atoms with Crippen LogP contribution in [0.15, 0.2) is 22.7 Å². The molecule has 1 aromatic rings. The highest BCUT2D eigenvalue weighted by Crippen LogP contribution is 2.31. The summed E-state index contributed by atoms with van der Waals surface area (Å²) in [5.41, 5.74) is 4.85. The number of halogens is 4. The summed E-state index contributed by atoms with van der Waals surface area (Å²) in [5, 5.41) is 0. The summed E-state index contributed by atoms with van der Waals surface area (Å²) >= 11 is 2.98. The third-order valence-corrected chi connectivity index (χ3v) is 2.13. The molecule has 17 heavy (non-hydrogen) atoms. The largest absolute Gasteiger partial charge is 0.573 e. The van der Waals surface area contributed by atoms with Crippen LogP contribution in [0.1, 0.15) is 0 Å². The number of hydrogen-bond acceptors (Lipinski definition) is 3. The molecule has 94 valence electrons. The minimum absolute atomic E-state index is 0.193. The van der Waals surface area contributed by atoms with Crippen LogP contribution in [-0.4, -0.2) is 18.9 Å². The van der Waals surface area contributed by atoms with Gasteiger partial charge in [-0.05, 0) is 34.1 Å². The van der Waals surface area contributed by atoms with Crippen molar-refractivity contribution in [1.29, 1.82) is 0 Å². The molecule has 1 aromatic carbocycles. The van der Waals surface area contributed by atoms with Gasteiger partial charge in [-0.25, -0.2) is 0 Å². The fourth-order valence-electron chi connectivity index (χ4n) is 0.945. The molecule has 0 spiro atoms. The number of primary amides is 1. The summed E-state index contributed by atoms with van der Waals surface area (Å²) in [4.78, 5) is 10.4. The fraction of sp³-hybridized carbons (Fsp3) is 0.222. The molecule has 0 aromatic heterocycles. The normalized spacial score (nSPS) is 11.1. The average Bonchev–Trinajstić information content (AvgIpc) is 2.13. The van der Waals surface area contributed by atoms with Crippen molar-refractivity contribution in [3.05, 3.63) is 22.7 Å². The van der Waals surface area contributed by atoms with Gasteiger partial charge in [0.25, 0.3) is 5.91 Å². The molecule has 2 N–H and O–H groups in total. The lowest BCUT2D eigenvalue weighted by Crippen LogP contribution is -2.20. The maximum atomic E-state index is 11.9. The minimum atomic E-state index is -4.75. The molecule has 0 radical (unpaired) electrons. The van der Waals surface area contributed by atoms with E-state index in [9.17, 15) is 18.0 Å². The third-order valence-electron chi connectivity index (χ3n) is 1.51. The van der Waals surface area contributed by atoms with E-state index in [1.54, 1.807) is 0 Å². The van der Waals surface area contributed by atoms with E-state index in [2.05, 4.69) is 20.7 Å². The lowest BCUT2D eigenvalue weighted by Gasteiger charge is -2.11. The van der Waals surface area contributed by atoms with Crippen molar-refractivity contribution in [2.45, 2.75) is 6.36 Å². The van der Waals surface area contributed by atoms with E-state index in [1.165, 1.54) is 6.07 Å². The predicted molar refractivity (Wildman–Crippen MR) is 55.5 cm³/mol. The number of benzene rings is 1. The Bertz CT molecular complexity index is 422. The van der Waals surface area contributed by atoms with Gasteiger partial charge < -0.3 is 15.2 Å². The van der Waals surface area contributed by atoms with E-state index < -0.39 is 18.0 Å². The van der Waals surface area contributed by atoms with Crippen molar-refractivity contribution in [2.75, 3.05) is 6.61 Å². The fourth-order valence-corrected chi connectivity index (χ4v) is 1.42. The van der Waals surface area contributed by atoms with Crippen LogP contribution < -0.4 is 15.2 Å². The van der Waals surface area contributed by atoms with Crippen molar-refractivity contribution in [3.63, 3.8) is 0 Å². The second-order valence-corrected chi connectivity index (χ2v) is 3.75. The summed E-state index contributed by atoms with van der Waals surface area (Å²) < 4.78 is 44.5. The molecule has 0 fully saturated rings. The number of carbonyl (C=O) groups is 1. The van der Waals surface area contributed by atoms with Gasteiger partial charge in [-0.3, -0.25) is 4.79 Å². The highest BCUT2D eigenvalue weighted by molar-refractivity contribution is 9.10. The molecule has 1 rings (SSSR count). The number of carbonyl (C=O) groups excluding carboxylic acids is 1. The summed E-state index contributed by atoms with van der Waals surface area (Å²) in [6.45, 7) is -0.363. The zero-order chi connectivity index (χ0) is 13.1. The maximum absolute atomic E-state index is 11.9. The van der Waals surface area contributed by atoms with Gasteiger partial charge in [0, 0.05) is 0 Å². The number of amides is 1. The molecule has 0 unspecified atom stereocenters. The summed E-state index contributed by atoms with van der Waals surface area (Å²) in [6.07, 6.45) is -4.75. The smallest absolute Gasteiger partial charge is 0.483 e. The summed E-state index contributed by atoms with van der Waals surface area (Å²) in [7, 11) is 0. The molecule has 0 saturated carbocycles. The highest BCUT2D eigenvalue weighted by atomic mass is 79.9. The van der Waals surface area contributed by atoms with Crippen molar-refractivity contribution in [2.24, 2.45) is 5.73 Å². The lowest BCUT2D eigenvalue weighted by atomic mass is 10.3. The van der Waals surface area contributed by atoms with E-state index in [-0.39, 0.29) is 16.8 Å². The topological polar surface area (TPSA) is 61.6 Å². The molecule has 0 bridgehead atoms. The van der Waals surface area contributed by atoms with Gasteiger partial charge in [0.15, 0.2) is 6.61 Å². The number of ether oxygens (including phenoxy) is 2. The Kier molecular flexibility index (Phi) is 4.22. The Morgan fingerprint density at radius 3 is 2.53 bits per heavy atom. The molecule has 1 amide bonds. The van der Waals surface area contributed by atoms with Crippen molar-refractivity contribution >= 4 is 21.8 Å². The van der Waals surface area contributed by atoms with Crippen LogP contribution in [0, 0.1) is 0 Å². The molecule has 0 aliphatic rings. The Morgan fingerprint density at radius 1 is 1.41 bits per heavy atom. The van der Waals surface area contributed by atoms with Crippen LogP contribution in [0.25, 0.3) is 0 Å². The van der Waals surface area contributed by atoms with E-state index in [0.717, 1.165) is 12.1 Å². The van der Waals surface area contributed by atoms with Crippen molar-refractivity contribution < 1.29 is 27.4 Å². The van der Waals surface area contributed by atoms with E-state index >= 15 is 0 Å². The molecule has 0 aliphatic carbocycles. The van der Waals surface area contributed by atoms with Crippen molar-refractivity contribution in [3.8, 4) is 11.5 Å². The van der Waals surface area contributed by atoms with Gasteiger partial charge in [-0.2, -0.15) is 0 Å². The molecule has 0 heterocycles. The number of hydrogen-bond donors (Lipinski definition) is 1. The van der Waals surface area contributed by atoms with Gasteiger partial charge in [-0.1, -0.05) is 0 Å². The molecule has 8 heteroatoms. The first kappa shape index (κ1) is 13.6. The van der Waals surface area contributed by atoms with Crippen molar-refractivity contribution in [1.82, 2.24) is 0 Å². The Balaban J connectivity index is 2.76. The van der Waals surface area contributed by atoms with Crippen LogP contribution >= 0.6 is 15.9 Å². The minimum Gasteiger partial charge on any atom is -0.483 e. The molecule has 4 nitrogen and oxygen atoms in total. The van der Waals surface area contributed by atoms with Crippen LogP contribution in [0.2, 0.25) is 0 Å². The summed E-state index contributed by atoms with van der Waals surface area (Å²) in [6, 6.07) is 3.37. The summed E-state index contributed by atoms with van der Waals surface area (Å²) in [5.74, 6) is -0.887. The highest BCUT2D eigenvalue weighted by Gasteiger charge is 2.31. The van der Waals surface area contributed by atoms with Gasteiger partial charge in [0.1, 0.15) is 11.5 Å². The number of rotatable bonds is 4. The quantitative estimate of drug-likeness (QED) is 0.927. The zero-order valence-corrected chi connectivity index (χ0v) is 9.84. The Labute approximate surface area is 103 Å². The monoisotopic (exact) mass is 313 g/mol. The van der Waals surface area contributed by atoms with Crippen LogP contribution in [0.4, 0.5) is 13.2 Å². The molecule has 0 saturated heterocycles. The van der Waals surface area contributed by atoms with Gasteiger partial charge in [0.2, 0.25) is 0 Å². The Hall–Kier alpha value is -1.44. The van der Waals surface area contributed by atoms with Gasteiger partial charge in [-0.15, -0.1) is 13.2 Å². The first-order valence-corrected chi connectivity index (χ1v) is 5.03. The zero-order valence-electron chi connectivity index (χ0n) is 8.25. The second kappa shape index (κ2) is 5.26. The van der Waals surface area contributed by atoms with E-state index in [4.69, 9.17) is 10.5 Å². The van der Waals surface area contributed by atoms with E-state index in [1.807, 2.05) is 0 Å². The van der Waals surface area contributed by atoms with Crippen LogP contribution in [0.3, 0.4) is 0 Å². The molecule has 0 aliphatic heterocycles. The number of alkyl halides is 3. The van der Waals surface area contributed by atoms with Gasteiger partial charge in [0.05, 0.1) is 4.47 Å². The van der Waals surface area contributed by atoms with Gasteiger partial charge >= 0.3 is 6.36 Å². The second-order valence-electron chi connectivity index (χ2n) is 2.90. The predicted octanol–water partition coefficient (Wildman–Crippen LogP) is 2.21. The maximum Gasteiger partial charge on any atom is 0.573 e. The van der Waals surface area contributed by atoms with E-state index in [0.29, 0.717) is 0 Å². The number of nitrogens with two attached hydrogens (primary N) is 1. The molecular formula is C9H7BrF3NO3. The SMILES string of the molecule is NC(=O)COc1ccc(OC(F)(F)F)cc1Br. The third kappa shape index (κ3) is 4.94. The van der Waals surface area contributed by atoms with Crippen LogP contribution in [0.5, 0.6) is 11.5 Å². The molecular weight excluding hydrogens is 307 g/mol. The first-order chi connectivity index (χ1) is 7.78. The standard InChI is InChI=1S/C9H7BrF3NO3/c10-6-3-5(17-9(11,12)13)1-2-7(6)16-4-8(14)15/h1-3H,4H2,(H2,14,15). The van der Waals surface area contributed by atoms with Crippen LogP contribution in [-0.2, 0) is 4.79 Å². The Morgan fingerprint density at radius 2 is 2.06 bits per heavy atom.